The Morgan fingerprint density at radius 2 is 0.756 bits per heavy atom. The lowest BCUT2D eigenvalue weighted by Gasteiger charge is -2.18. The van der Waals surface area contributed by atoms with E-state index in [1.807, 2.05) is 11.3 Å². The second-order valence-corrected chi connectivity index (χ2v) is 12.7. The normalized spacial score (nSPS) is 11.6. The minimum absolute atomic E-state index is 1.24. The van der Waals surface area contributed by atoms with Gasteiger partial charge >= 0.3 is 0 Å². The molecule has 0 nitrogen and oxygen atoms in total. The van der Waals surface area contributed by atoms with Crippen LogP contribution < -0.4 is 0 Å². The zero-order chi connectivity index (χ0) is 29.7. The van der Waals surface area contributed by atoms with Gasteiger partial charge in [0, 0.05) is 25.7 Å². The van der Waals surface area contributed by atoms with Crippen molar-refractivity contribution >= 4 is 53.1 Å². The Hall–Kier alpha value is -5.50. The third kappa shape index (κ3) is 4.20. The first-order valence-corrected chi connectivity index (χ1v) is 16.3. The third-order valence-electron chi connectivity index (χ3n) is 9.09. The Bertz CT molecular complexity index is 2450. The van der Waals surface area contributed by atoms with Crippen LogP contribution in [0.2, 0.25) is 0 Å². The lowest BCUT2D eigenvalue weighted by molar-refractivity contribution is 1.61. The van der Waals surface area contributed by atoms with Gasteiger partial charge in [-0.15, -0.1) is 11.3 Å². The van der Waals surface area contributed by atoms with Crippen molar-refractivity contribution in [3.63, 3.8) is 0 Å². The molecule has 0 bridgehead atoms. The van der Waals surface area contributed by atoms with Gasteiger partial charge in [0.25, 0.3) is 0 Å². The molecule has 0 aliphatic carbocycles. The zero-order valence-corrected chi connectivity index (χ0v) is 25.4. The fraction of sp³-hybridized carbons (Fsp3) is 0. The van der Waals surface area contributed by atoms with Crippen molar-refractivity contribution < 1.29 is 0 Å². The summed E-state index contributed by atoms with van der Waals surface area (Å²) in [5.41, 5.74) is 10.2. The summed E-state index contributed by atoms with van der Waals surface area (Å²) in [5, 5.41) is 7.80. The van der Waals surface area contributed by atoms with Crippen LogP contribution in [-0.4, -0.2) is 0 Å². The van der Waals surface area contributed by atoms with Gasteiger partial charge < -0.3 is 0 Å². The lowest BCUT2D eigenvalue weighted by atomic mass is 9.85. The summed E-state index contributed by atoms with van der Waals surface area (Å²) >= 11 is 1.91. The molecule has 0 radical (unpaired) electrons. The first-order valence-electron chi connectivity index (χ1n) is 15.4. The minimum Gasteiger partial charge on any atom is -0.135 e. The fourth-order valence-electron chi connectivity index (χ4n) is 7.09. The molecule has 0 aliphatic heterocycles. The van der Waals surface area contributed by atoms with E-state index in [4.69, 9.17) is 0 Å². The number of thiophene rings is 1. The molecule has 0 saturated heterocycles. The van der Waals surface area contributed by atoms with Gasteiger partial charge in [0.1, 0.15) is 0 Å². The summed E-state index contributed by atoms with van der Waals surface area (Å²) in [5.74, 6) is 0. The van der Waals surface area contributed by atoms with Crippen LogP contribution >= 0.6 is 11.3 Å². The molecule has 0 saturated carbocycles. The van der Waals surface area contributed by atoms with E-state index < -0.39 is 0 Å². The SMILES string of the molecule is c1ccc(-c2ccc(-c3cccc4sc5c(-c6c7ccccc7c(-c7ccccc7)c7ccccc67)cccc5c34)cc2)cc1. The highest BCUT2D eigenvalue weighted by atomic mass is 32.1. The average Bonchev–Trinajstić information content (AvgIpc) is 3.51. The molecule has 0 fully saturated rings. The summed E-state index contributed by atoms with van der Waals surface area (Å²) in [6, 6.07) is 62.0. The highest BCUT2D eigenvalue weighted by Gasteiger charge is 2.20. The van der Waals surface area contributed by atoms with Crippen LogP contribution in [0.1, 0.15) is 0 Å². The van der Waals surface area contributed by atoms with Crippen LogP contribution in [0.25, 0.3) is 86.2 Å². The Balaban J connectivity index is 1.30. The van der Waals surface area contributed by atoms with Crippen LogP contribution in [0, 0.1) is 0 Å². The minimum atomic E-state index is 1.24. The molecule has 0 unspecified atom stereocenters. The lowest BCUT2D eigenvalue weighted by Crippen LogP contribution is -1.90. The van der Waals surface area contributed by atoms with E-state index >= 15 is 0 Å². The summed E-state index contributed by atoms with van der Waals surface area (Å²) in [6.45, 7) is 0. The molecule has 0 spiro atoms. The molecule has 8 aromatic carbocycles. The molecule has 1 aromatic heterocycles. The highest BCUT2D eigenvalue weighted by Crippen LogP contribution is 2.49. The molecule has 0 amide bonds. The van der Waals surface area contributed by atoms with E-state index in [1.54, 1.807) is 0 Å². The Morgan fingerprint density at radius 3 is 1.40 bits per heavy atom. The number of rotatable bonds is 4. The van der Waals surface area contributed by atoms with Gasteiger partial charge in [-0.05, 0) is 66.6 Å². The van der Waals surface area contributed by atoms with Crippen LogP contribution in [0.4, 0.5) is 0 Å². The standard InChI is InChI=1S/C44H28S/c1-3-13-29(14-4-1)30-25-27-31(28-26-30)33-21-12-24-40-43(33)39-23-11-22-38(44(39)45-40)42-36-19-9-7-17-34(36)41(32-15-5-2-6-16-32)35-18-8-10-20-37(35)42/h1-28H. The monoisotopic (exact) mass is 588 g/mol. The third-order valence-corrected chi connectivity index (χ3v) is 10.3. The number of benzene rings is 8. The van der Waals surface area contributed by atoms with Gasteiger partial charge in [0.2, 0.25) is 0 Å². The highest BCUT2D eigenvalue weighted by molar-refractivity contribution is 7.26. The molecular formula is C44H28S. The number of hydrogen-bond acceptors (Lipinski definition) is 1. The Kier molecular flexibility index (Phi) is 6.11. The Morgan fingerprint density at radius 1 is 0.289 bits per heavy atom. The van der Waals surface area contributed by atoms with E-state index in [0.717, 1.165) is 0 Å². The van der Waals surface area contributed by atoms with Gasteiger partial charge in [-0.2, -0.15) is 0 Å². The molecule has 0 atom stereocenters. The van der Waals surface area contributed by atoms with Crippen LogP contribution in [-0.2, 0) is 0 Å². The van der Waals surface area contributed by atoms with Crippen molar-refractivity contribution in [1.29, 1.82) is 0 Å². The quantitative estimate of drug-likeness (QED) is 0.179. The molecule has 0 aliphatic rings. The molecule has 45 heavy (non-hydrogen) atoms. The van der Waals surface area contributed by atoms with Crippen molar-refractivity contribution in [3.8, 4) is 44.5 Å². The smallest absolute Gasteiger partial charge is 0.0434 e. The molecular weight excluding hydrogens is 561 g/mol. The maximum Gasteiger partial charge on any atom is 0.0434 e. The topological polar surface area (TPSA) is 0 Å². The second kappa shape index (κ2) is 10.6. The first-order chi connectivity index (χ1) is 22.3. The van der Waals surface area contributed by atoms with Crippen molar-refractivity contribution in [1.82, 2.24) is 0 Å². The predicted octanol–water partition coefficient (Wildman–Crippen LogP) is 13.0. The van der Waals surface area contributed by atoms with Crippen LogP contribution in [0.15, 0.2) is 170 Å². The van der Waals surface area contributed by atoms with E-state index in [0.29, 0.717) is 0 Å². The summed E-state index contributed by atoms with van der Waals surface area (Å²) in [7, 11) is 0. The summed E-state index contributed by atoms with van der Waals surface area (Å²) < 4.78 is 2.65. The largest absolute Gasteiger partial charge is 0.135 e. The second-order valence-electron chi connectivity index (χ2n) is 11.6. The molecule has 9 aromatic rings. The molecule has 210 valence electrons. The van der Waals surface area contributed by atoms with E-state index in [2.05, 4.69) is 170 Å². The van der Waals surface area contributed by atoms with Crippen molar-refractivity contribution in [3.05, 3.63) is 170 Å². The van der Waals surface area contributed by atoms with Gasteiger partial charge in [0.15, 0.2) is 0 Å². The van der Waals surface area contributed by atoms with E-state index in [9.17, 15) is 0 Å². The molecule has 0 N–H and O–H groups in total. The van der Waals surface area contributed by atoms with Crippen LogP contribution in [0.3, 0.4) is 0 Å². The predicted molar refractivity (Wildman–Crippen MR) is 196 cm³/mol. The van der Waals surface area contributed by atoms with Crippen LogP contribution in [0.5, 0.6) is 0 Å². The molecule has 9 rings (SSSR count). The zero-order valence-electron chi connectivity index (χ0n) is 24.6. The maximum atomic E-state index is 2.32. The van der Waals surface area contributed by atoms with E-state index in [-0.39, 0.29) is 0 Å². The maximum absolute atomic E-state index is 2.32. The van der Waals surface area contributed by atoms with E-state index in [1.165, 1.54) is 86.2 Å². The van der Waals surface area contributed by atoms with Crippen molar-refractivity contribution in [2.45, 2.75) is 0 Å². The number of hydrogen-bond donors (Lipinski definition) is 0. The Labute approximate surface area is 266 Å². The van der Waals surface area contributed by atoms with Crippen molar-refractivity contribution in [2.24, 2.45) is 0 Å². The summed E-state index contributed by atoms with van der Waals surface area (Å²) in [6.07, 6.45) is 0. The van der Waals surface area contributed by atoms with Gasteiger partial charge in [-0.25, -0.2) is 0 Å². The van der Waals surface area contributed by atoms with Crippen molar-refractivity contribution in [2.75, 3.05) is 0 Å². The number of fused-ring (bicyclic) bond motifs is 5. The molecule has 1 heteroatoms. The first kappa shape index (κ1) is 25.9. The van der Waals surface area contributed by atoms with Gasteiger partial charge in [0.05, 0.1) is 0 Å². The average molecular weight is 589 g/mol. The molecule has 1 heterocycles. The fourth-order valence-corrected chi connectivity index (χ4v) is 8.34. The van der Waals surface area contributed by atoms with Gasteiger partial charge in [-0.1, -0.05) is 164 Å². The summed E-state index contributed by atoms with van der Waals surface area (Å²) in [4.78, 5) is 0. The van der Waals surface area contributed by atoms with Gasteiger partial charge in [-0.3, -0.25) is 0 Å².